The van der Waals surface area contributed by atoms with Crippen LogP contribution >= 0.6 is 0 Å². The van der Waals surface area contributed by atoms with E-state index in [1.54, 1.807) is 6.07 Å². The number of likely N-dealkylation sites (N-methyl/N-ethyl adjacent to an activating group) is 1. The molecule has 1 fully saturated rings. The molecule has 112 valence electrons. The van der Waals surface area contributed by atoms with E-state index in [2.05, 4.69) is 16.8 Å². The number of piperazine rings is 1. The topological polar surface area (TPSA) is 73.7 Å². The molecule has 6 heteroatoms. The van der Waals surface area contributed by atoms with E-state index >= 15 is 0 Å². The number of nitrogens with zero attached hydrogens (tertiary/aromatic N) is 3. The van der Waals surface area contributed by atoms with Crippen LogP contribution in [0.2, 0.25) is 0 Å². The van der Waals surface area contributed by atoms with Gasteiger partial charge in [-0.3, -0.25) is 9.78 Å². The lowest BCUT2D eigenvalue weighted by Gasteiger charge is -2.37. The summed E-state index contributed by atoms with van der Waals surface area (Å²) in [5, 5.41) is 8.62. The summed E-state index contributed by atoms with van der Waals surface area (Å²) >= 11 is 0. The summed E-state index contributed by atoms with van der Waals surface area (Å²) in [5.74, 6) is -1.09. The van der Waals surface area contributed by atoms with Gasteiger partial charge in [-0.05, 0) is 31.7 Å². The van der Waals surface area contributed by atoms with Crippen molar-refractivity contribution in [2.45, 2.75) is 13.0 Å². The molecule has 1 amide bonds. The molecule has 0 bridgehead atoms. The molecule has 1 unspecified atom stereocenters. The highest BCUT2D eigenvalue weighted by Gasteiger charge is 2.25. The maximum atomic E-state index is 12.5. The van der Waals surface area contributed by atoms with Crippen molar-refractivity contribution < 1.29 is 14.7 Å². The lowest BCUT2D eigenvalue weighted by Crippen LogP contribution is -2.52. The molecule has 0 aromatic carbocycles. The molecule has 0 radical (unpaired) electrons. The Morgan fingerprint density at radius 2 is 2.14 bits per heavy atom. The van der Waals surface area contributed by atoms with Gasteiger partial charge < -0.3 is 14.9 Å². The fourth-order valence-corrected chi connectivity index (χ4v) is 2.25. The van der Waals surface area contributed by atoms with Crippen molar-refractivity contribution in [2.24, 2.45) is 0 Å². The average molecular weight is 289 g/mol. The maximum absolute atomic E-state index is 12.5. The van der Waals surface area contributed by atoms with Gasteiger partial charge in [-0.25, -0.2) is 4.79 Å². The Kier molecular flexibility index (Phi) is 4.70. The van der Waals surface area contributed by atoms with E-state index in [4.69, 9.17) is 5.11 Å². The third-order valence-electron chi connectivity index (χ3n) is 3.67. The summed E-state index contributed by atoms with van der Waals surface area (Å²) in [4.78, 5) is 31.0. The van der Waals surface area contributed by atoms with Gasteiger partial charge in [0.2, 0.25) is 0 Å². The molecule has 1 N–H and O–H groups in total. The van der Waals surface area contributed by atoms with Gasteiger partial charge >= 0.3 is 5.97 Å². The summed E-state index contributed by atoms with van der Waals surface area (Å²) < 4.78 is 0. The second-order valence-corrected chi connectivity index (χ2v) is 5.26. The quantitative estimate of drug-likeness (QED) is 0.839. The number of amides is 1. The van der Waals surface area contributed by atoms with Crippen LogP contribution in [0.15, 0.2) is 24.5 Å². The average Bonchev–Trinajstić information content (AvgIpc) is 2.47. The van der Waals surface area contributed by atoms with E-state index in [1.165, 1.54) is 18.5 Å². The molecule has 2 rings (SSSR count). The zero-order chi connectivity index (χ0) is 15.4. The van der Waals surface area contributed by atoms with Crippen LogP contribution in [0, 0.1) is 0 Å². The molecule has 2 heterocycles. The van der Waals surface area contributed by atoms with Crippen LogP contribution in [-0.2, 0) is 4.79 Å². The molecule has 1 aromatic rings. The number of carbonyl (C=O) groups is 2. The molecule has 21 heavy (non-hydrogen) atoms. The maximum Gasteiger partial charge on any atom is 0.328 e. The number of aliphatic carboxylic acids is 1. The number of pyridine rings is 1. The van der Waals surface area contributed by atoms with Crippen LogP contribution in [-0.4, -0.2) is 64.5 Å². The highest BCUT2D eigenvalue weighted by atomic mass is 16.4. The smallest absolute Gasteiger partial charge is 0.328 e. The summed E-state index contributed by atoms with van der Waals surface area (Å²) in [6.45, 7) is 4.31. The van der Waals surface area contributed by atoms with Gasteiger partial charge in [0.15, 0.2) is 0 Å². The monoisotopic (exact) mass is 289 g/mol. The Bertz CT molecular complexity index is 571. The van der Waals surface area contributed by atoms with Gasteiger partial charge in [-0.2, -0.15) is 0 Å². The van der Waals surface area contributed by atoms with Crippen molar-refractivity contribution in [1.82, 2.24) is 14.8 Å². The number of hydrogen-bond donors (Lipinski definition) is 1. The minimum Gasteiger partial charge on any atom is -0.478 e. The minimum absolute atomic E-state index is 0.0620. The third kappa shape index (κ3) is 3.88. The molecule has 0 aliphatic carbocycles. The Balaban J connectivity index is 2.12. The lowest BCUT2D eigenvalue weighted by molar-refractivity contribution is -0.131. The number of hydrogen-bond acceptors (Lipinski definition) is 4. The standard InChI is InChI=1S/C15H19N3O3/c1-11-10-18(6-5-17(11)2)15(21)13-7-12(8-16-9-13)3-4-14(19)20/h3-4,7-9,11H,5-6,10H2,1-2H3,(H,19,20). The molecular weight excluding hydrogens is 270 g/mol. The first-order valence-corrected chi connectivity index (χ1v) is 6.83. The number of carboxylic acid groups (broad SMARTS) is 1. The largest absolute Gasteiger partial charge is 0.478 e. The molecule has 0 saturated carbocycles. The number of carboxylic acids is 1. The van der Waals surface area contributed by atoms with Crippen LogP contribution < -0.4 is 0 Å². The van der Waals surface area contributed by atoms with Crippen molar-refractivity contribution in [1.29, 1.82) is 0 Å². The Hall–Kier alpha value is -2.21. The number of aromatic nitrogens is 1. The summed E-state index contributed by atoms with van der Waals surface area (Å²) in [6.07, 6.45) is 5.51. The van der Waals surface area contributed by atoms with E-state index in [1.807, 2.05) is 11.9 Å². The molecule has 6 nitrogen and oxygen atoms in total. The third-order valence-corrected chi connectivity index (χ3v) is 3.67. The normalized spacial score (nSPS) is 19.9. The highest BCUT2D eigenvalue weighted by Crippen LogP contribution is 2.13. The van der Waals surface area contributed by atoms with E-state index in [-0.39, 0.29) is 5.91 Å². The molecule has 1 saturated heterocycles. The molecule has 1 aliphatic rings. The highest BCUT2D eigenvalue weighted by molar-refractivity contribution is 5.95. The van der Waals surface area contributed by atoms with Crippen LogP contribution in [0.1, 0.15) is 22.8 Å². The summed E-state index contributed by atoms with van der Waals surface area (Å²) in [5.41, 5.74) is 1.09. The summed E-state index contributed by atoms with van der Waals surface area (Å²) in [7, 11) is 2.05. The first-order chi connectivity index (χ1) is 9.97. The van der Waals surface area contributed by atoms with Crippen molar-refractivity contribution in [3.05, 3.63) is 35.7 Å². The number of rotatable bonds is 3. The van der Waals surface area contributed by atoms with Crippen molar-refractivity contribution in [3.8, 4) is 0 Å². The van der Waals surface area contributed by atoms with Crippen molar-refractivity contribution in [2.75, 3.05) is 26.7 Å². The van der Waals surface area contributed by atoms with Gasteiger partial charge in [0.1, 0.15) is 0 Å². The Morgan fingerprint density at radius 1 is 1.38 bits per heavy atom. The fourth-order valence-electron chi connectivity index (χ4n) is 2.25. The van der Waals surface area contributed by atoms with Crippen molar-refractivity contribution >= 4 is 18.0 Å². The van der Waals surface area contributed by atoms with Crippen molar-refractivity contribution in [3.63, 3.8) is 0 Å². The minimum atomic E-state index is -1.03. The van der Waals surface area contributed by atoms with Gasteiger partial charge in [-0.1, -0.05) is 0 Å². The SMILES string of the molecule is CC1CN(C(=O)c2cncc(C=CC(=O)O)c2)CCN1C. The molecule has 1 aliphatic heterocycles. The van der Waals surface area contributed by atoms with Gasteiger partial charge in [-0.15, -0.1) is 0 Å². The first-order valence-electron chi connectivity index (χ1n) is 6.83. The van der Waals surface area contributed by atoms with E-state index < -0.39 is 5.97 Å². The Morgan fingerprint density at radius 3 is 2.81 bits per heavy atom. The molecule has 1 atom stereocenters. The summed E-state index contributed by atoms with van der Waals surface area (Å²) in [6, 6.07) is 1.99. The van der Waals surface area contributed by atoms with Crippen LogP contribution in [0.5, 0.6) is 0 Å². The zero-order valence-electron chi connectivity index (χ0n) is 12.2. The van der Waals surface area contributed by atoms with Crippen LogP contribution in [0.3, 0.4) is 0 Å². The van der Waals surface area contributed by atoms with E-state index in [9.17, 15) is 9.59 Å². The van der Waals surface area contributed by atoms with Gasteiger partial charge in [0.05, 0.1) is 5.56 Å². The molecular formula is C15H19N3O3. The second kappa shape index (κ2) is 6.49. The number of carbonyl (C=O) groups excluding carboxylic acids is 1. The predicted octanol–water partition coefficient (Wildman–Crippen LogP) is 0.956. The predicted molar refractivity (Wildman–Crippen MR) is 78.9 cm³/mol. The van der Waals surface area contributed by atoms with Gasteiger partial charge in [0.25, 0.3) is 5.91 Å². The molecule has 0 spiro atoms. The fraction of sp³-hybridized carbons (Fsp3) is 0.400. The second-order valence-electron chi connectivity index (χ2n) is 5.26. The Labute approximate surface area is 123 Å². The molecule has 1 aromatic heterocycles. The zero-order valence-corrected chi connectivity index (χ0v) is 12.2. The van der Waals surface area contributed by atoms with E-state index in [0.717, 1.165) is 12.6 Å². The first kappa shape index (κ1) is 15.2. The van der Waals surface area contributed by atoms with E-state index in [0.29, 0.717) is 30.3 Å². The van der Waals surface area contributed by atoms with Gasteiger partial charge in [0, 0.05) is 44.1 Å². The van der Waals surface area contributed by atoms with Crippen LogP contribution in [0.4, 0.5) is 0 Å². The lowest BCUT2D eigenvalue weighted by atomic mass is 10.1. The van der Waals surface area contributed by atoms with Crippen LogP contribution in [0.25, 0.3) is 6.08 Å².